The van der Waals surface area contributed by atoms with E-state index in [0.29, 0.717) is 23.1 Å². The van der Waals surface area contributed by atoms with Crippen molar-refractivity contribution in [2.24, 2.45) is 4.99 Å². The molecular formula is C23H27ClFN3O2S. The Bertz CT molecular complexity index is 1030. The zero-order valence-electron chi connectivity index (χ0n) is 17.7. The van der Waals surface area contributed by atoms with E-state index in [4.69, 9.17) is 26.1 Å². The van der Waals surface area contributed by atoms with Gasteiger partial charge in [-0.25, -0.2) is 9.38 Å². The minimum Gasteiger partial charge on any atom is -0.494 e. The van der Waals surface area contributed by atoms with Gasteiger partial charge in [-0.2, -0.15) is 0 Å². The van der Waals surface area contributed by atoms with Gasteiger partial charge < -0.3 is 19.4 Å². The highest BCUT2D eigenvalue weighted by Crippen LogP contribution is 2.30. The molecule has 31 heavy (non-hydrogen) atoms. The van der Waals surface area contributed by atoms with Gasteiger partial charge in [-0.3, -0.25) is 0 Å². The van der Waals surface area contributed by atoms with Gasteiger partial charge in [-0.05, 0) is 61.9 Å². The van der Waals surface area contributed by atoms with Gasteiger partial charge in [-0.15, -0.1) is 11.3 Å². The summed E-state index contributed by atoms with van der Waals surface area (Å²) in [6.45, 7) is 5.89. The van der Waals surface area contributed by atoms with E-state index in [2.05, 4.69) is 15.3 Å². The Morgan fingerprint density at radius 1 is 1.16 bits per heavy atom. The zero-order valence-corrected chi connectivity index (χ0v) is 19.3. The highest BCUT2D eigenvalue weighted by Gasteiger charge is 2.10. The van der Waals surface area contributed by atoms with Crippen molar-refractivity contribution in [3.05, 3.63) is 63.5 Å². The lowest BCUT2D eigenvalue weighted by molar-refractivity contribution is 0.149. The first-order chi connectivity index (χ1) is 15.1. The SMILES string of the molecule is CCOCCNCCCn1c(-c2ccc(F)cc2)cs/c1=N\c1ccc(Cl)cc1OC. The quantitative estimate of drug-likeness (QED) is 0.394. The van der Waals surface area contributed by atoms with Crippen LogP contribution in [-0.4, -0.2) is 38.0 Å². The Balaban J connectivity index is 1.87. The highest BCUT2D eigenvalue weighted by molar-refractivity contribution is 7.07. The molecule has 0 saturated heterocycles. The Morgan fingerprint density at radius 3 is 2.71 bits per heavy atom. The number of halogens is 2. The number of thiazole rings is 1. The molecule has 0 fully saturated rings. The van der Waals surface area contributed by atoms with Gasteiger partial charge in [0.05, 0.1) is 19.4 Å². The van der Waals surface area contributed by atoms with Crippen molar-refractivity contribution in [2.45, 2.75) is 19.9 Å². The van der Waals surface area contributed by atoms with Crippen molar-refractivity contribution < 1.29 is 13.9 Å². The Hall–Kier alpha value is -2.19. The fourth-order valence-electron chi connectivity index (χ4n) is 3.11. The average molecular weight is 464 g/mol. The van der Waals surface area contributed by atoms with Crippen molar-refractivity contribution in [2.75, 3.05) is 33.4 Å². The standard InChI is InChI=1S/C23H27ClFN3O2S/c1-3-30-14-12-26-11-4-13-28-21(17-5-8-19(25)9-6-17)16-31-23(28)27-20-10-7-18(24)15-22(20)29-2/h5-10,15-16,26H,3-4,11-14H2,1-2H3/b27-23-. The molecule has 3 aromatic rings. The number of rotatable bonds is 11. The second-order valence-electron chi connectivity index (χ2n) is 6.79. The average Bonchev–Trinajstić information content (AvgIpc) is 3.17. The first-order valence-electron chi connectivity index (χ1n) is 10.2. The molecule has 0 unspecified atom stereocenters. The van der Waals surface area contributed by atoms with Gasteiger partial charge >= 0.3 is 0 Å². The largest absolute Gasteiger partial charge is 0.494 e. The number of nitrogens with one attached hydrogen (secondary N) is 1. The monoisotopic (exact) mass is 463 g/mol. The summed E-state index contributed by atoms with van der Waals surface area (Å²) in [5.41, 5.74) is 2.67. The molecule has 1 N–H and O–H groups in total. The first kappa shape index (κ1) is 23.5. The van der Waals surface area contributed by atoms with Gasteiger partial charge in [0.25, 0.3) is 0 Å². The van der Waals surface area contributed by atoms with Crippen LogP contribution in [0.5, 0.6) is 5.75 Å². The van der Waals surface area contributed by atoms with Gasteiger partial charge in [0.15, 0.2) is 4.80 Å². The summed E-state index contributed by atoms with van der Waals surface area (Å²) in [4.78, 5) is 5.68. The summed E-state index contributed by atoms with van der Waals surface area (Å²) in [5, 5.41) is 6.04. The molecule has 3 rings (SSSR count). The number of hydrogen-bond acceptors (Lipinski definition) is 5. The summed E-state index contributed by atoms with van der Waals surface area (Å²) < 4.78 is 26.4. The fraction of sp³-hybridized carbons (Fsp3) is 0.348. The number of ether oxygens (including phenoxy) is 2. The van der Waals surface area contributed by atoms with Crippen molar-refractivity contribution in [1.29, 1.82) is 0 Å². The smallest absolute Gasteiger partial charge is 0.190 e. The molecule has 1 aromatic heterocycles. The van der Waals surface area contributed by atoms with Crippen molar-refractivity contribution in [3.8, 4) is 17.0 Å². The number of aromatic nitrogens is 1. The van der Waals surface area contributed by atoms with Crippen LogP contribution in [0, 0.1) is 5.82 Å². The third-order valence-corrected chi connectivity index (χ3v) is 5.76. The molecule has 0 amide bonds. The lowest BCUT2D eigenvalue weighted by Gasteiger charge is -2.11. The van der Waals surface area contributed by atoms with Crippen molar-refractivity contribution >= 4 is 28.6 Å². The molecule has 8 heteroatoms. The summed E-state index contributed by atoms with van der Waals surface area (Å²) in [5.74, 6) is 0.369. The van der Waals surface area contributed by atoms with Crippen LogP contribution in [0.4, 0.5) is 10.1 Å². The summed E-state index contributed by atoms with van der Waals surface area (Å²) in [6.07, 6.45) is 0.919. The molecular weight excluding hydrogens is 437 g/mol. The molecule has 0 aliphatic heterocycles. The van der Waals surface area contributed by atoms with Crippen LogP contribution in [0.2, 0.25) is 5.02 Å². The van der Waals surface area contributed by atoms with E-state index in [1.807, 2.05) is 13.0 Å². The number of methoxy groups -OCH3 is 1. The first-order valence-corrected chi connectivity index (χ1v) is 11.5. The van der Waals surface area contributed by atoms with Crippen molar-refractivity contribution in [1.82, 2.24) is 9.88 Å². The van der Waals surface area contributed by atoms with Gasteiger partial charge in [0, 0.05) is 36.2 Å². The normalized spacial score (nSPS) is 11.8. The van der Waals surface area contributed by atoms with E-state index in [0.717, 1.165) is 48.7 Å². The number of hydrogen-bond donors (Lipinski definition) is 1. The maximum Gasteiger partial charge on any atom is 0.190 e. The third-order valence-electron chi connectivity index (χ3n) is 4.66. The molecule has 0 atom stereocenters. The maximum atomic E-state index is 13.4. The lowest BCUT2D eigenvalue weighted by atomic mass is 10.1. The van der Waals surface area contributed by atoms with Crippen LogP contribution < -0.4 is 14.9 Å². The second kappa shape index (κ2) is 12.0. The molecule has 5 nitrogen and oxygen atoms in total. The molecule has 0 spiro atoms. The molecule has 0 radical (unpaired) electrons. The van der Waals surface area contributed by atoms with Crippen LogP contribution in [0.1, 0.15) is 13.3 Å². The predicted molar refractivity (Wildman–Crippen MR) is 125 cm³/mol. The number of benzene rings is 2. The van der Waals surface area contributed by atoms with Crippen molar-refractivity contribution in [3.63, 3.8) is 0 Å². The van der Waals surface area contributed by atoms with E-state index < -0.39 is 0 Å². The molecule has 1 heterocycles. The summed E-state index contributed by atoms with van der Waals surface area (Å²) >= 11 is 7.63. The molecule has 2 aromatic carbocycles. The van der Waals surface area contributed by atoms with E-state index in [-0.39, 0.29) is 5.82 Å². The number of nitrogens with zero attached hydrogens (tertiary/aromatic N) is 2. The topological polar surface area (TPSA) is 47.8 Å². The van der Waals surface area contributed by atoms with Crippen LogP contribution in [-0.2, 0) is 11.3 Å². The molecule has 0 aliphatic rings. The van der Waals surface area contributed by atoms with Gasteiger partial charge in [-0.1, -0.05) is 11.6 Å². The molecule has 0 bridgehead atoms. The maximum absolute atomic E-state index is 13.4. The summed E-state index contributed by atoms with van der Waals surface area (Å²) in [7, 11) is 1.60. The summed E-state index contributed by atoms with van der Waals surface area (Å²) in [6, 6.07) is 11.9. The fourth-order valence-corrected chi connectivity index (χ4v) is 4.22. The van der Waals surface area contributed by atoms with E-state index >= 15 is 0 Å². The molecule has 0 saturated carbocycles. The van der Waals surface area contributed by atoms with E-state index in [1.165, 1.54) is 12.1 Å². The van der Waals surface area contributed by atoms with Crippen LogP contribution >= 0.6 is 22.9 Å². The predicted octanol–water partition coefficient (Wildman–Crippen LogP) is 5.27. The van der Waals surface area contributed by atoms with Crippen LogP contribution in [0.25, 0.3) is 11.3 Å². The van der Waals surface area contributed by atoms with E-state index in [9.17, 15) is 4.39 Å². The lowest BCUT2D eigenvalue weighted by Crippen LogP contribution is -2.24. The minimum atomic E-state index is -0.250. The Labute approximate surface area is 191 Å². The highest BCUT2D eigenvalue weighted by atomic mass is 35.5. The Morgan fingerprint density at radius 2 is 1.97 bits per heavy atom. The minimum absolute atomic E-state index is 0.250. The second-order valence-corrected chi connectivity index (χ2v) is 8.06. The van der Waals surface area contributed by atoms with Crippen LogP contribution in [0.15, 0.2) is 52.8 Å². The van der Waals surface area contributed by atoms with Gasteiger partial charge in [0.1, 0.15) is 17.3 Å². The molecule has 0 aliphatic carbocycles. The van der Waals surface area contributed by atoms with Gasteiger partial charge in [0.2, 0.25) is 0 Å². The molecule has 166 valence electrons. The Kier molecular flexibility index (Phi) is 9.09. The van der Waals surface area contributed by atoms with Crippen LogP contribution in [0.3, 0.4) is 0 Å². The zero-order chi connectivity index (χ0) is 22.1. The third kappa shape index (κ3) is 6.64. The van der Waals surface area contributed by atoms with E-state index in [1.54, 1.807) is 42.7 Å².